The van der Waals surface area contributed by atoms with Crippen molar-refractivity contribution in [2.24, 2.45) is 7.05 Å². The van der Waals surface area contributed by atoms with Crippen LogP contribution >= 0.6 is 0 Å². The van der Waals surface area contributed by atoms with E-state index in [-0.39, 0.29) is 5.78 Å². The maximum absolute atomic E-state index is 11.1. The van der Waals surface area contributed by atoms with Crippen molar-refractivity contribution in [1.82, 2.24) is 4.57 Å². The highest BCUT2D eigenvalue weighted by molar-refractivity contribution is 5.94. The molecule has 0 aliphatic rings. The van der Waals surface area contributed by atoms with Crippen molar-refractivity contribution in [3.05, 3.63) is 48.5 Å². The van der Waals surface area contributed by atoms with Gasteiger partial charge in [-0.2, -0.15) is 0 Å². The van der Waals surface area contributed by atoms with Crippen molar-refractivity contribution in [2.45, 2.75) is 6.92 Å². The molecule has 0 saturated heterocycles. The Bertz CT molecular complexity index is 483. The second-order valence-corrected chi connectivity index (χ2v) is 3.59. The lowest BCUT2D eigenvalue weighted by molar-refractivity contribution is -0.670. The van der Waals surface area contributed by atoms with Gasteiger partial charge in [-0.25, -0.2) is 9.13 Å². The third-order valence-corrected chi connectivity index (χ3v) is 2.34. The molecule has 0 atom stereocenters. The molecule has 1 aromatic carbocycles. The Kier molecular flexibility index (Phi) is 2.37. The monoisotopic (exact) mass is 201 g/mol. The molecule has 3 nitrogen and oxygen atoms in total. The lowest BCUT2D eigenvalue weighted by Crippen LogP contribution is -2.23. The van der Waals surface area contributed by atoms with Crippen LogP contribution in [0.15, 0.2) is 43.0 Å². The molecule has 0 bridgehead atoms. The second-order valence-electron chi connectivity index (χ2n) is 3.59. The molecule has 76 valence electrons. The predicted octanol–water partition coefficient (Wildman–Crippen LogP) is 1.50. The van der Waals surface area contributed by atoms with Crippen molar-refractivity contribution in [3.63, 3.8) is 0 Å². The molecular weight excluding hydrogens is 188 g/mol. The summed E-state index contributed by atoms with van der Waals surface area (Å²) in [5.74, 6) is 0.0969. The quantitative estimate of drug-likeness (QED) is 0.534. The van der Waals surface area contributed by atoms with E-state index in [2.05, 4.69) is 0 Å². The number of rotatable bonds is 2. The molecule has 0 saturated carbocycles. The van der Waals surface area contributed by atoms with E-state index in [9.17, 15) is 4.79 Å². The molecule has 0 fully saturated rings. The van der Waals surface area contributed by atoms with Gasteiger partial charge in [-0.3, -0.25) is 4.79 Å². The van der Waals surface area contributed by atoms with Gasteiger partial charge in [0.1, 0.15) is 18.1 Å². The SMILES string of the molecule is CC(=O)c1ccc(-n2cc[n+](C)c2)cc1. The number of Topliss-reactive ketones (excluding diaryl/α,β-unsaturated/α-hetero) is 1. The van der Waals surface area contributed by atoms with Crippen molar-refractivity contribution in [3.8, 4) is 5.69 Å². The minimum Gasteiger partial charge on any atom is -0.295 e. The lowest BCUT2D eigenvalue weighted by atomic mass is 10.1. The number of ketones is 1. The Morgan fingerprint density at radius 1 is 1.27 bits per heavy atom. The van der Waals surface area contributed by atoms with E-state index in [4.69, 9.17) is 0 Å². The highest BCUT2D eigenvalue weighted by Crippen LogP contribution is 2.08. The third kappa shape index (κ3) is 1.96. The highest BCUT2D eigenvalue weighted by Gasteiger charge is 2.04. The molecule has 15 heavy (non-hydrogen) atoms. The topological polar surface area (TPSA) is 25.9 Å². The van der Waals surface area contributed by atoms with Crippen LogP contribution in [-0.4, -0.2) is 10.4 Å². The van der Waals surface area contributed by atoms with Crippen molar-refractivity contribution < 1.29 is 9.36 Å². The van der Waals surface area contributed by atoms with Crippen LogP contribution in [0, 0.1) is 0 Å². The van der Waals surface area contributed by atoms with Gasteiger partial charge >= 0.3 is 0 Å². The van der Waals surface area contributed by atoms with Gasteiger partial charge in [-0.05, 0) is 31.2 Å². The lowest BCUT2D eigenvalue weighted by Gasteiger charge is -1.97. The zero-order valence-electron chi connectivity index (χ0n) is 8.84. The summed E-state index contributed by atoms with van der Waals surface area (Å²) in [5, 5.41) is 0. The average Bonchev–Trinajstić information content (AvgIpc) is 2.65. The standard InChI is InChI=1S/C12H13N2O/c1-10(15)11-3-5-12(6-4-11)14-8-7-13(2)9-14/h3-9H,1-2H3/q+1. The average molecular weight is 201 g/mol. The van der Waals surface area contributed by atoms with Crippen molar-refractivity contribution in [2.75, 3.05) is 0 Å². The fourth-order valence-corrected chi connectivity index (χ4v) is 1.47. The number of nitrogens with zero attached hydrogens (tertiary/aromatic N) is 2. The van der Waals surface area contributed by atoms with Crippen LogP contribution in [0.25, 0.3) is 5.69 Å². The minimum absolute atomic E-state index is 0.0969. The van der Waals surface area contributed by atoms with Gasteiger partial charge in [-0.1, -0.05) is 0 Å². The van der Waals surface area contributed by atoms with Crippen LogP contribution in [0.2, 0.25) is 0 Å². The molecule has 2 aromatic rings. The first kappa shape index (κ1) is 9.65. The van der Waals surface area contributed by atoms with Gasteiger partial charge in [0.25, 0.3) is 0 Å². The van der Waals surface area contributed by atoms with E-state index in [1.807, 2.05) is 59.2 Å². The van der Waals surface area contributed by atoms with Gasteiger partial charge in [0.05, 0.1) is 7.05 Å². The molecule has 2 rings (SSSR count). The molecule has 3 heteroatoms. The third-order valence-electron chi connectivity index (χ3n) is 2.34. The van der Waals surface area contributed by atoms with E-state index in [1.165, 1.54) is 0 Å². The van der Waals surface area contributed by atoms with Crippen LogP contribution in [-0.2, 0) is 7.05 Å². The summed E-state index contributed by atoms with van der Waals surface area (Å²) in [6.45, 7) is 1.57. The van der Waals surface area contributed by atoms with Gasteiger partial charge in [0.15, 0.2) is 5.78 Å². The first-order valence-corrected chi connectivity index (χ1v) is 4.81. The number of aromatic nitrogens is 2. The molecule has 0 amide bonds. The number of aryl methyl sites for hydroxylation is 1. The molecule has 0 aliphatic carbocycles. The summed E-state index contributed by atoms with van der Waals surface area (Å²) in [6.07, 6.45) is 5.92. The number of benzene rings is 1. The Balaban J connectivity index is 2.35. The summed E-state index contributed by atoms with van der Waals surface area (Å²) < 4.78 is 3.98. The first-order chi connectivity index (χ1) is 7.16. The van der Waals surface area contributed by atoms with Gasteiger partial charge < -0.3 is 0 Å². The molecule has 0 aliphatic heterocycles. The fraction of sp³-hybridized carbons (Fsp3) is 0.167. The largest absolute Gasteiger partial charge is 0.295 e. The van der Waals surface area contributed by atoms with E-state index in [1.54, 1.807) is 6.92 Å². The summed E-state index contributed by atoms with van der Waals surface area (Å²) in [7, 11) is 1.97. The fourth-order valence-electron chi connectivity index (χ4n) is 1.47. The summed E-state index contributed by atoms with van der Waals surface area (Å²) in [5.41, 5.74) is 1.80. The van der Waals surface area contributed by atoms with Crippen LogP contribution in [0.4, 0.5) is 0 Å². The zero-order chi connectivity index (χ0) is 10.8. The van der Waals surface area contributed by atoms with Crippen molar-refractivity contribution >= 4 is 5.78 Å². The number of imidazole rings is 1. The molecular formula is C12H13N2O+. The summed E-state index contributed by atoms with van der Waals surface area (Å²) in [6, 6.07) is 7.57. The molecule has 0 radical (unpaired) electrons. The smallest absolute Gasteiger partial charge is 0.248 e. The van der Waals surface area contributed by atoms with Crippen LogP contribution < -0.4 is 4.57 Å². The molecule has 0 unspecified atom stereocenters. The summed E-state index contributed by atoms with van der Waals surface area (Å²) >= 11 is 0. The van der Waals surface area contributed by atoms with Gasteiger partial charge in [0.2, 0.25) is 6.33 Å². The zero-order valence-corrected chi connectivity index (χ0v) is 8.84. The van der Waals surface area contributed by atoms with Crippen LogP contribution in [0.1, 0.15) is 17.3 Å². The Morgan fingerprint density at radius 3 is 2.40 bits per heavy atom. The Hall–Kier alpha value is -1.90. The second kappa shape index (κ2) is 3.69. The van der Waals surface area contributed by atoms with Gasteiger partial charge in [-0.15, -0.1) is 0 Å². The molecule has 1 aromatic heterocycles. The normalized spacial score (nSPS) is 10.3. The maximum Gasteiger partial charge on any atom is 0.248 e. The molecule has 1 heterocycles. The first-order valence-electron chi connectivity index (χ1n) is 4.81. The van der Waals surface area contributed by atoms with Crippen LogP contribution in [0.3, 0.4) is 0 Å². The van der Waals surface area contributed by atoms with E-state index < -0.39 is 0 Å². The Morgan fingerprint density at radius 2 is 1.93 bits per heavy atom. The predicted molar refractivity (Wildman–Crippen MR) is 56.9 cm³/mol. The van der Waals surface area contributed by atoms with Gasteiger partial charge in [0, 0.05) is 5.56 Å². The number of carbonyl (C=O) groups excluding carboxylic acids is 1. The Labute approximate surface area is 88.6 Å². The number of carbonyl (C=O) groups is 1. The summed E-state index contributed by atoms with van der Waals surface area (Å²) in [4.78, 5) is 11.1. The number of hydrogen-bond acceptors (Lipinski definition) is 1. The van der Waals surface area contributed by atoms with Crippen molar-refractivity contribution in [1.29, 1.82) is 0 Å². The number of hydrogen-bond donors (Lipinski definition) is 0. The van der Waals surface area contributed by atoms with Crippen LogP contribution in [0.5, 0.6) is 0 Å². The van der Waals surface area contributed by atoms with E-state index >= 15 is 0 Å². The van der Waals surface area contributed by atoms with E-state index in [0.717, 1.165) is 11.3 Å². The minimum atomic E-state index is 0.0969. The maximum atomic E-state index is 11.1. The molecule has 0 N–H and O–H groups in total. The highest BCUT2D eigenvalue weighted by atomic mass is 16.1. The molecule has 0 spiro atoms. The van der Waals surface area contributed by atoms with E-state index in [0.29, 0.717) is 0 Å².